The Labute approximate surface area is 140 Å². The van der Waals surface area contributed by atoms with Crippen molar-refractivity contribution < 1.29 is 9.53 Å². The van der Waals surface area contributed by atoms with Crippen molar-refractivity contribution in [3.63, 3.8) is 0 Å². The standard InChI is InChI=1S/C15H21BrN2O2.ClH/c1-18(15(19)12-6-8-17-9-7-12)10-11-20-14-4-2-13(16)3-5-14;/h2-5,12,17H,6-11H2,1H3;1H. The summed E-state index contributed by atoms with van der Waals surface area (Å²) >= 11 is 3.39. The maximum absolute atomic E-state index is 12.2. The summed E-state index contributed by atoms with van der Waals surface area (Å²) in [6.45, 7) is 3.03. The van der Waals surface area contributed by atoms with Crippen molar-refractivity contribution in [2.45, 2.75) is 12.8 Å². The lowest BCUT2D eigenvalue weighted by Gasteiger charge is -2.26. The van der Waals surface area contributed by atoms with Gasteiger partial charge in [0.25, 0.3) is 0 Å². The number of piperidine rings is 1. The average molecular weight is 378 g/mol. The quantitative estimate of drug-likeness (QED) is 0.858. The molecule has 1 amide bonds. The van der Waals surface area contributed by atoms with E-state index in [-0.39, 0.29) is 24.2 Å². The van der Waals surface area contributed by atoms with Crippen LogP contribution < -0.4 is 10.1 Å². The highest BCUT2D eigenvalue weighted by Crippen LogP contribution is 2.17. The van der Waals surface area contributed by atoms with Crippen LogP contribution in [0.5, 0.6) is 5.75 Å². The highest BCUT2D eigenvalue weighted by Gasteiger charge is 2.23. The molecule has 0 saturated carbocycles. The second-order valence-corrected chi connectivity index (χ2v) is 6.00. The molecule has 4 nitrogen and oxygen atoms in total. The first-order valence-electron chi connectivity index (χ1n) is 7.01. The maximum atomic E-state index is 12.2. The Hall–Kier alpha value is -0.780. The molecule has 0 bridgehead atoms. The van der Waals surface area contributed by atoms with Crippen LogP contribution in [-0.4, -0.2) is 44.1 Å². The number of nitrogens with zero attached hydrogens (tertiary/aromatic N) is 1. The summed E-state index contributed by atoms with van der Waals surface area (Å²) in [6, 6.07) is 7.72. The molecule has 0 atom stereocenters. The van der Waals surface area contributed by atoms with E-state index in [4.69, 9.17) is 4.74 Å². The minimum absolute atomic E-state index is 0. The lowest BCUT2D eigenvalue weighted by molar-refractivity contribution is -0.135. The molecule has 1 aliphatic heterocycles. The monoisotopic (exact) mass is 376 g/mol. The highest BCUT2D eigenvalue weighted by atomic mass is 79.9. The molecule has 1 fully saturated rings. The topological polar surface area (TPSA) is 41.6 Å². The molecule has 2 rings (SSSR count). The van der Waals surface area contributed by atoms with Crippen molar-refractivity contribution in [3.8, 4) is 5.75 Å². The van der Waals surface area contributed by atoms with E-state index in [0.717, 1.165) is 36.2 Å². The number of halogens is 2. The summed E-state index contributed by atoms with van der Waals surface area (Å²) in [5, 5.41) is 3.28. The Kier molecular flexibility index (Phi) is 8.07. The number of nitrogens with one attached hydrogen (secondary N) is 1. The van der Waals surface area contributed by atoms with Gasteiger partial charge in [0.05, 0.1) is 6.54 Å². The molecular weight excluding hydrogens is 356 g/mol. The van der Waals surface area contributed by atoms with Gasteiger partial charge in [0, 0.05) is 17.4 Å². The van der Waals surface area contributed by atoms with Crippen LogP contribution in [0.1, 0.15) is 12.8 Å². The van der Waals surface area contributed by atoms with Crippen LogP contribution in [0, 0.1) is 5.92 Å². The SMILES string of the molecule is CN(CCOc1ccc(Br)cc1)C(=O)C1CCNCC1.Cl. The number of ether oxygens (including phenoxy) is 1. The minimum Gasteiger partial charge on any atom is -0.492 e. The average Bonchev–Trinajstić information content (AvgIpc) is 2.49. The van der Waals surface area contributed by atoms with Crippen molar-refractivity contribution in [1.82, 2.24) is 10.2 Å². The Morgan fingerprint density at radius 1 is 1.33 bits per heavy atom. The van der Waals surface area contributed by atoms with E-state index in [0.29, 0.717) is 13.2 Å². The van der Waals surface area contributed by atoms with E-state index in [1.165, 1.54) is 0 Å². The van der Waals surface area contributed by atoms with Crippen LogP contribution >= 0.6 is 28.3 Å². The van der Waals surface area contributed by atoms with Gasteiger partial charge in [0.1, 0.15) is 12.4 Å². The zero-order valence-electron chi connectivity index (χ0n) is 12.2. The van der Waals surface area contributed by atoms with E-state index in [1.807, 2.05) is 31.3 Å². The molecule has 1 N–H and O–H groups in total. The Morgan fingerprint density at radius 2 is 1.95 bits per heavy atom. The van der Waals surface area contributed by atoms with Gasteiger partial charge in [-0.1, -0.05) is 15.9 Å². The molecule has 1 aromatic carbocycles. The lowest BCUT2D eigenvalue weighted by Crippen LogP contribution is -2.40. The van der Waals surface area contributed by atoms with Crippen molar-refractivity contribution in [3.05, 3.63) is 28.7 Å². The van der Waals surface area contributed by atoms with Crippen molar-refractivity contribution >= 4 is 34.2 Å². The van der Waals surface area contributed by atoms with Crippen LogP contribution in [-0.2, 0) is 4.79 Å². The first-order chi connectivity index (χ1) is 9.66. The van der Waals surface area contributed by atoms with E-state index in [2.05, 4.69) is 21.2 Å². The number of rotatable bonds is 5. The predicted molar refractivity (Wildman–Crippen MR) is 90.1 cm³/mol. The molecule has 0 unspecified atom stereocenters. The zero-order valence-corrected chi connectivity index (χ0v) is 14.6. The van der Waals surface area contributed by atoms with Gasteiger partial charge in [-0.2, -0.15) is 0 Å². The predicted octanol–water partition coefficient (Wildman–Crippen LogP) is 2.71. The van der Waals surface area contributed by atoms with Crippen molar-refractivity contribution in [2.75, 3.05) is 33.3 Å². The summed E-state index contributed by atoms with van der Waals surface area (Å²) in [5.74, 6) is 1.25. The van der Waals surface area contributed by atoms with Crippen molar-refractivity contribution in [1.29, 1.82) is 0 Å². The molecule has 1 aliphatic rings. The Morgan fingerprint density at radius 3 is 2.57 bits per heavy atom. The van der Waals surface area contributed by atoms with Gasteiger partial charge in [-0.25, -0.2) is 0 Å². The van der Waals surface area contributed by atoms with E-state index in [1.54, 1.807) is 4.90 Å². The third-order valence-electron chi connectivity index (χ3n) is 3.57. The number of amides is 1. The molecule has 21 heavy (non-hydrogen) atoms. The van der Waals surface area contributed by atoms with Gasteiger partial charge in [-0.15, -0.1) is 12.4 Å². The smallest absolute Gasteiger partial charge is 0.225 e. The fourth-order valence-corrected chi connectivity index (χ4v) is 2.59. The first kappa shape index (κ1) is 18.3. The minimum atomic E-state index is 0. The summed E-state index contributed by atoms with van der Waals surface area (Å²) in [4.78, 5) is 14.0. The van der Waals surface area contributed by atoms with Crippen LogP contribution in [0.25, 0.3) is 0 Å². The summed E-state index contributed by atoms with van der Waals surface area (Å²) in [7, 11) is 1.86. The molecule has 0 radical (unpaired) electrons. The number of hydrogen-bond acceptors (Lipinski definition) is 3. The highest BCUT2D eigenvalue weighted by molar-refractivity contribution is 9.10. The van der Waals surface area contributed by atoms with Gasteiger partial charge in [-0.05, 0) is 50.2 Å². The largest absolute Gasteiger partial charge is 0.492 e. The van der Waals surface area contributed by atoms with Crippen LogP contribution in [0.3, 0.4) is 0 Å². The molecular formula is C15H22BrClN2O2. The third kappa shape index (κ3) is 5.85. The molecule has 1 heterocycles. The van der Waals surface area contributed by atoms with Gasteiger partial charge in [0.15, 0.2) is 0 Å². The second kappa shape index (κ2) is 9.28. The molecule has 0 aromatic heterocycles. The fourth-order valence-electron chi connectivity index (χ4n) is 2.32. The summed E-state index contributed by atoms with van der Waals surface area (Å²) in [6.07, 6.45) is 1.88. The molecule has 6 heteroatoms. The maximum Gasteiger partial charge on any atom is 0.225 e. The van der Waals surface area contributed by atoms with E-state index < -0.39 is 0 Å². The van der Waals surface area contributed by atoms with Crippen LogP contribution in [0.4, 0.5) is 0 Å². The van der Waals surface area contributed by atoms with Gasteiger partial charge < -0.3 is 15.0 Å². The first-order valence-corrected chi connectivity index (χ1v) is 7.80. The Bertz CT molecular complexity index is 436. The summed E-state index contributed by atoms with van der Waals surface area (Å²) < 4.78 is 6.67. The van der Waals surface area contributed by atoms with E-state index >= 15 is 0 Å². The number of hydrogen-bond donors (Lipinski definition) is 1. The van der Waals surface area contributed by atoms with Gasteiger partial charge in [0.2, 0.25) is 5.91 Å². The fraction of sp³-hybridized carbons (Fsp3) is 0.533. The van der Waals surface area contributed by atoms with Crippen LogP contribution in [0.15, 0.2) is 28.7 Å². The molecule has 1 saturated heterocycles. The Balaban J connectivity index is 0.00000220. The lowest BCUT2D eigenvalue weighted by atomic mass is 9.97. The molecule has 118 valence electrons. The second-order valence-electron chi connectivity index (χ2n) is 5.09. The molecule has 1 aromatic rings. The number of carbonyl (C=O) groups excluding carboxylic acids is 1. The zero-order chi connectivity index (χ0) is 14.4. The molecule has 0 aliphatic carbocycles. The third-order valence-corrected chi connectivity index (χ3v) is 4.10. The molecule has 0 spiro atoms. The van der Waals surface area contributed by atoms with Crippen molar-refractivity contribution in [2.24, 2.45) is 5.92 Å². The normalized spacial score (nSPS) is 15.1. The van der Waals surface area contributed by atoms with Gasteiger partial charge >= 0.3 is 0 Å². The summed E-state index contributed by atoms with van der Waals surface area (Å²) in [5.41, 5.74) is 0. The van der Waals surface area contributed by atoms with Gasteiger partial charge in [-0.3, -0.25) is 4.79 Å². The number of likely N-dealkylation sites (N-methyl/N-ethyl adjacent to an activating group) is 1. The van der Waals surface area contributed by atoms with Crippen LogP contribution in [0.2, 0.25) is 0 Å². The number of benzene rings is 1. The van der Waals surface area contributed by atoms with E-state index in [9.17, 15) is 4.79 Å². The number of carbonyl (C=O) groups is 1.